The maximum Gasteiger partial charge on any atom is 0.0524 e. The normalized spacial score (nSPS) is 12.1. The van der Waals surface area contributed by atoms with Crippen LogP contribution in [0.4, 0.5) is 0 Å². The van der Waals surface area contributed by atoms with Gasteiger partial charge in [0, 0.05) is 22.8 Å². The maximum atomic E-state index is 2.46. The van der Waals surface area contributed by atoms with Crippen molar-refractivity contribution in [2.24, 2.45) is 0 Å². The lowest BCUT2D eigenvalue weighted by atomic mass is 10.1. The number of rotatable bonds is 0. The molecule has 0 radical (unpaired) electrons. The molecule has 94 valence electrons. The van der Waals surface area contributed by atoms with Crippen LogP contribution in [-0.2, 0) is 13.0 Å². The summed E-state index contributed by atoms with van der Waals surface area (Å²) in [6.07, 6.45) is 1.19. The van der Waals surface area contributed by atoms with Crippen molar-refractivity contribution in [3.05, 3.63) is 48.0 Å². The highest BCUT2D eigenvalue weighted by Gasteiger charge is 2.17. The predicted octanol–water partition coefficient (Wildman–Crippen LogP) is 5.01. The Labute approximate surface area is 109 Å². The number of hydrogen-bond donors (Lipinski definition) is 0. The first kappa shape index (κ1) is 12.7. The summed E-state index contributed by atoms with van der Waals surface area (Å²) in [6, 6.07) is 15.4. The van der Waals surface area contributed by atoms with Gasteiger partial charge in [-0.15, -0.1) is 0 Å². The lowest BCUT2D eigenvalue weighted by molar-refractivity contribution is 0.796. The summed E-state index contributed by atoms with van der Waals surface area (Å²) in [5.74, 6) is 0. The molecule has 0 bridgehead atoms. The van der Waals surface area contributed by atoms with E-state index in [0.717, 1.165) is 6.54 Å². The van der Waals surface area contributed by atoms with Crippen molar-refractivity contribution in [2.45, 2.75) is 34.2 Å². The van der Waals surface area contributed by atoms with Crippen LogP contribution in [0.15, 0.2) is 42.5 Å². The van der Waals surface area contributed by atoms with E-state index in [-0.39, 0.29) is 7.43 Å². The van der Waals surface area contributed by atoms with Crippen LogP contribution in [0.2, 0.25) is 0 Å². The molecule has 0 spiro atoms. The first-order valence-corrected chi connectivity index (χ1v) is 6.44. The zero-order chi connectivity index (χ0) is 11.8. The molecule has 3 aromatic rings. The molecule has 0 N–H and O–H groups in total. The minimum Gasteiger partial charge on any atom is -0.340 e. The highest BCUT2D eigenvalue weighted by Crippen LogP contribution is 2.34. The highest BCUT2D eigenvalue weighted by molar-refractivity contribution is 6.09. The Morgan fingerprint density at radius 3 is 2.44 bits per heavy atom. The van der Waals surface area contributed by atoms with E-state index < -0.39 is 0 Å². The second-order valence-corrected chi connectivity index (χ2v) is 4.23. The summed E-state index contributed by atoms with van der Waals surface area (Å²) < 4.78 is 2.46. The molecule has 0 amide bonds. The summed E-state index contributed by atoms with van der Waals surface area (Å²) in [5.41, 5.74) is 4.35. The van der Waals surface area contributed by atoms with E-state index in [2.05, 4.69) is 47.0 Å². The van der Waals surface area contributed by atoms with Crippen molar-refractivity contribution < 1.29 is 0 Å². The highest BCUT2D eigenvalue weighted by atomic mass is 15.0. The Balaban J connectivity index is 0.000000384. The zero-order valence-electron chi connectivity index (χ0n) is 10.4. The molecule has 2 heterocycles. The summed E-state index contributed by atoms with van der Waals surface area (Å²) >= 11 is 0. The van der Waals surface area contributed by atoms with E-state index in [4.69, 9.17) is 0 Å². The van der Waals surface area contributed by atoms with E-state index in [9.17, 15) is 0 Å². The van der Waals surface area contributed by atoms with Crippen LogP contribution in [0.3, 0.4) is 0 Å². The molecule has 4 rings (SSSR count). The number of fused-ring (bicyclic) bond motifs is 3. The Morgan fingerprint density at radius 2 is 1.61 bits per heavy atom. The van der Waals surface area contributed by atoms with Crippen molar-refractivity contribution in [1.29, 1.82) is 0 Å². The summed E-state index contributed by atoms with van der Waals surface area (Å²) in [4.78, 5) is 0. The molecule has 0 saturated carbocycles. The fraction of sp³-hybridized carbons (Fsp3) is 0.294. The van der Waals surface area contributed by atoms with Gasteiger partial charge >= 0.3 is 0 Å². The summed E-state index contributed by atoms with van der Waals surface area (Å²) in [6.45, 7) is 5.14. The molecule has 1 nitrogen and oxygen atoms in total. The SMILES string of the molecule is C.CC.c1ccc2c(c1)c1cccc3c1n2CC3. The monoisotopic (exact) mass is 239 g/mol. The number of aryl methyl sites for hydroxylation is 2. The first-order valence-electron chi connectivity index (χ1n) is 6.44. The summed E-state index contributed by atoms with van der Waals surface area (Å²) in [7, 11) is 0. The molecule has 1 aromatic heterocycles. The topological polar surface area (TPSA) is 4.93 Å². The number of para-hydroxylation sites is 2. The van der Waals surface area contributed by atoms with Crippen molar-refractivity contribution in [3.8, 4) is 0 Å². The van der Waals surface area contributed by atoms with E-state index in [0.29, 0.717) is 0 Å². The molecule has 1 aliphatic heterocycles. The van der Waals surface area contributed by atoms with Crippen molar-refractivity contribution in [2.75, 3.05) is 0 Å². The first-order chi connectivity index (χ1) is 8.45. The quantitative estimate of drug-likeness (QED) is 0.519. The lowest BCUT2D eigenvalue weighted by Gasteiger charge is -1.97. The van der Waals surface area contributed by atoms with Crippen LogP contribution in [0.1, 0.15) is 26.8 Å². The van der Waals surface area contributed by atoms with E-state index >= 15 is 0 Å². The molecule has 2 aromatic carbocycles. The van der Waals surface area contributed by atoms with Crippen molar-refractivity contribution in [1.82, 2.24) is 4.57 Å². The minimum absolute atomic E-state index is 0. The Morgan fingerprint density at radius 1 is 0.889 bits per heavy atom. The number of nitrogens with zero attached hydrogens (tertiary/aromatic N) is 1. The Hall–Kier alpha value is -1.76. The van der Waals surface area contributed by atoms with Gasteiger partial charge in [-0.1, -0.05) is 57.7 Å². The van der Waals surface area contributed by atoms with Crippen LogP contribution in [-0.4, -0.2) is 4.57 Å². The number of hydrogen-bond acceptors (Lipinski definition) is 0. The van der Waals surface area contributed by atoms with Crippen molar-refractivity contribution in [3.63, 3.8) is 0 Å². The molecule has 1 aliphatic rings. The van der Waals surface area contributed by atoms with Gasteiger partial charge in [0.25, 0.3) is 0 Å². The van der Waals surface area contributed by atoms with Gasteiger partial charge in [0.1, 0.15) is 0 Å². The Kier molecular flexibility index (Phi) is 3.42. The second-order valence-electron chi connectivity index (χ2n) is 4.23. The third-order valence-corrected chi connectivity index (χ3v) is 3.48. The number of aromatic nitrogens is 1. The van der Waals surface area contributed by atoms with Crippen LogP contribution in [0.25, 0.3) is 21.8 Å². The fourth-order valence-corrected chi connectivity index (χ4v) is 2.85. The van der Waals surface area contributed by atoms with Gasteiger partial charge in [-0.05, 0) is 18.1 Å². The van der Waals surface area contributed by atoms with Crippen LogP contribution >= 0.6 is 0 Å². The second kappa shape index (κ2) is 4.85. The molecule has 18 heavy (non-hydrogen) atoms. The van der Waals surface area contributed by atoms with Gasteiger partial charge in [0.2, 0.25) is 0 Å². The molecular formula is C17H21N. The molecular weight excluding hydrogens is 218 g/mol. The molecule has 0 fully saturated rings. The van der Waals surface area contributed by atoms with Gasteiger partial charge in [0.15, 0.2) is 0 Å². The molecule has 0 aliphatic carbocycles. The minimum atomic E-state index is 0. The van der Waals surface area contributed by atoms with E-state index in [1.807, 2.05) is 13.8 Å². The third-order valence-electron chi connectivity index (χ3n) is 3.48. The van der Waals surface area contributed by atoms with Gasteiger partial charge in [-0.25, -0.2) is 0 Å². The van der Waals surface area contributed by atoms with Gasteiger partial charge in [0.05, 0.1) is 5.52 Å². The molecule has 0 saturated heterocycles. The van der Waals surface area contributed by atoms with Crippen LogP contribution in [0, 0.1) is 0 Å². The maximum absolute atomic E-state index is 2.46. The largest absolute Gasteiger partial charge is 0.340 e. The van der Waals surface area contributed by atoms with Gasteiger partial charge in [-0.3, -0.25) is 0 Å². The van der Waals surface area contributed by atoms with Crippen LogP contribution < -0.4 is 0 Å². The lowest BCUT2D eigenvalue weighted by Crippen LogP contribution is -1.90. The molecule has 0 atom stereocenters. The number of benzene rings is 2. The summed E-state index contributed by atoms with van der Waals surface area (Å²) in [5, 5.41) is 2.81. The predicted molar refractivity (Wildman–Crippen MR) is 81.2 cm³/mol. The van der Waals surface area contributed by atoms with Crippen molar-refractivity contribution >= 4 is 21.8 Å². The van der Waals surface area contributed by atoms with E-state index in [1.165, 1.54) is 33.8 Å². The van der Waals surface area contributed by atoms with Crippen LogP contribution in [0.5, 0.6) is 0 Å². The zero-order valence-corrected chi connectivity index (χ0v) is 10.4. The average Bonchev–Trinajstić information content (AvgIpc) is 2.98. The standard InChI is InChI=1S/C14H11N.C2H6.CH4/c1-2-7-13-11(5-1)12-6-3-4-10-8-9-15(13)14(10)12;1-2;/h1-7H,8-9H2;1-2H3;1H4. The van der Waals surface area contributed by atoms with Gasteiger partial charge in [-0.2, -0.15) is 0 Å². The van der Waals surface area contributed by atoms with E-state index in [1.54, 1.807) is 0 Å². The fourth-order valence-electron chi connectivity index (χ4n) is 2.85. The molecule has 0 unspecified atom stereocenters. The Bertz CT molecular complexity index is 676. The molecule has 1 heteroatoms. The van der Waals surface area contributed by atoms with Gasteiger partial charge < -0.3 is 4.57 Å². The third kappa shape index (κ3) is 1.54. The average molecular weight is 239 g/mol. The smallest absolute Gasteiger partial charge is 0.0524 e.